The summed E-state index contributed by atoms with van der Waals surface area (Å²) in [6, 6.07) is 0. The Bertz CT molecular complexity index is 555. The van der Waals surface area contributed by atoms with Crippen LogP contribution >= 0.6 is 0 Å². The third kappa shape index (κ3) is 15.0. The van der Waals surface area contributed by atoms with Crippen LogP contribution in [0.4, 0.5) is 0 Å². The van der Waals surface area contributed by atoms with E-state index >= 15 is 0 Å². The molecule has 32 heavy (non-hydrogen) atoms. The van der Waals surface area contributed by atoms with Crippen LogP contribution in [0.5, 0.6) is 0 Å². The molecule has 0 aliphatic rings. The molecule has 0 aliphatic carbocycles. The highest BCUT2D eigenvalue weighted by molar-refractivity contribution is 5.78. The van der Waals surface area contributed by atoms with Crippen molar-refractivity contribution < 1.29 is 19.1 Å². The SMILES string of the molecule is CCCCN=NC(C)(CC(C)C)OC(=O)CCC(=O)OC(C)(CC(C)C)N=NCCCC. The number of ether oxygens (including phenoxy) is 2. The lowest BCUT2D eigenvalue weighted by molar-refractivity contribution is -0.166. The molecule has 0 rings (SSSR count). The molecule has 0 bridgehead atoms. The quantitative estimate of drug-likeness (QED) is 0.136. The Morgan fingerprint density at radius 3 is 1.34 bits per heavy atom. The van der Waals surface area contributed by atoms with Gasteiger partial charge >= 0.3 is 11.9 Å². The van der Waals surface area contributed by atoms with E-state index in [4.69, 9.17) is 9.47 Å². The predicted octanol–water partition coefficient (Wildman–Crippen LogP) is 6.88. The first-order valence-corrected chi connectivity index (χ1v) is 12.2. The molecule has 0 aromatic heterocycles. The van der Waals surface area contributed by atoms with E-state index in [1.54, 1.807) is 13.8 Å². The lowest BCUT2D eigenvalue weighted by Crippen LogP contribution is -2.33. The van der Waals surface area contributed by atoms with Crippen LogP contribution in [0.3, 0.4) is 0 Å². The fraction of sp³-hybridized carbons (Fsp3) is 0.917. The Morgan fingerprint density at radius 1 is 0.719 bits per heavy atom. The van der Waals surface area contributed by atoms with E-state index in [1.165, 1.54) is 0 Å². The Kier molecular flexibility index (Phi) is 14.9. The van der Waals surface area contributed by atoms with Gasteiger partial charge in [0, 0.05) is 12.8 Å². The van der Waals surface area contributed by atoms with Crippen LogP contribution < -0.4 is 0 Å². The molecular formula is C24H46N4O4. The molecule has 0 saturated carbocycles. The van der Waals surface area contributed by atoms with Crippen LogP contribution in [0.25, 0.3) is 0 Å². The summed E-state index contributed by atoms with van der Waals surface area (Å²) in [7, 11) is 0. The number of hydrogen-bond donors (Lipinski definition) is 0. The molecule has 0 aromatic rings. The summed E-state index contributed by atoms with van der Waals surface area (Å²) in [6.07, 6.45) is 4.87. The molecule has 0 spiro atoms. The molecule has 8 heteroatoms. The van der Waals surface area contributed by atoms with E-state index in [0.717, 1.165) is 25.7 Å². The molecule has 186 valence electrons. The zero-order valence-electron chi connectivity index (χ0n) is 21.6. The maximum Gasteiger partial charge on any atom is 0.308 e. The summed E-state index contributed by atoms with van der Waals surface area (Å²) >= 11 is 0. The molecule has 0 amide bonds. The van der Waals surface area contributed by atoms with Crippen molar-refractivity contribution in [3.63, 3.8) is 0 Å². The van der Waals surface area contributed by atoms with Crippen LogP contribution in [0.15, 0.2) is 20.5 Å². The zero-order chi connectivity index (χ0) is 24.6. The molecule has 0 fully saturated rings. The number of unbranched alkanes of at least 4 members (excludes halogenated alkanes) is 2. The van der Waals surface area contributed by atoms with E-state index in [-0.39, 0.29) is 24.7 Å². The molecule has 0 aliphatic heterocycles. The smallest absolute Gasteiger partial charge is 0.308 e. The van der Waals surface area contributed by atoms with Gasteiger partial charge in [-0.1, -0.05) is 54.4 Å². The Labute approximate surface area is 195 Å². The second-order valence-electron chi connectivity index (χ2n) is 9.63. The number of nitrogens with zero attached hydrogens (tertiary/aromatic N) is 4. The maximum atomic E-state index is 12.4. The third-order valence-corrected chi connectivity index (χ3v) is 4.56. The van der Waals surface area contributed by atoms with Crippen LogP contribution in [0, 0.1) is 11.8 Å². The summed E-state index contributed by atoms with van der Waals surface area (Å²) in [5.41, 5.74) is -2.05. The van der Waals surface area contributed by atoms with Gasteiger partial charge in [0.2, 0.25) is 11.4 Å². The van der Waals surface area contributed by atoms with Crippen molar-refractivity contribution in [2.45, 2.75) is 118 Å². The van der Waals surface area contributed by atoms with Crippen molar-refractivity contribution in [1.29, 1.82) is 0 Å². The minimum atomic E-state index is -1.03. The molecule has 0 saturated heterocycles. The Morgan fingerprint density at radius 2 is 1.06 bits per heavy atom. The first-order chi connectivity index (χ1) is 14.9. The minimum absolute atomic E-state index is 0.0816. The van der Waals surface area contributed by atoms with E-state index < -0.39 is 23.4 Å². The lowest BCUT2D eigenvalue weighted by atomic mass is 10.0. The fourth-order valence-electron chi connectivity index (χ4n) is 3.37. The first kappa shape index (κ1) is 30.1. The normalized spacial score (nSPS) is 15.9. The molecule has 8 nitrogen and oxygen atoms in total. The molecule has 0 aromatic carbocycles. The third-order valence-electron chi connectivity index (χ3n) is 4.56. The minimum Gasteiger partial charge on any atom is -0.436 e. The van der Waals surface area contributed by atoms with Crippen molar-refractivity contribution in [3.05, 3.63) is 0 Å². The van der Waals surface area contributed by atoms with E-state index in [0.29, 0.717) is 25.9 Å². The second-order valence-corrected chi connectivity index (χ2v) is 9.63. The molecule has 0 radical (unpaired) electrons. The molecular weight excluding hydrogens is 408 g/mol. The summed E-state index contributed by atoms with van der Waals surface area (Å²) in [5.74, 6) is -0.431. The fourth-order valence-corrected chi connectivity index (χ4v) is 3.37. The van der Waals surface area contributed by atoms with Gasteiger partial charge in [0.1, 0.15) is 0 Å². The number of carbonyl (C=O) groups excluding carboxylic acids is 2. The second kappa shape index (κ2) is 15.9. The van der Waals surface area contributed by atoms with Gasteiger partial charge in [-0.2, -0.15) is 10.2 Å². The van der Waals surface area contributed by atoms with Gasteiger partial charge in [0.25, 0.3) is 0 Å². The van der Waals surface area contributed by atoms with Gasteiger partial charge in [0.05, 0.1) is 25.9 Å². The Hall–Kier alpha value is -1.86. The van der Waals surface area contributed by atoms with E-state index in [2.05, 4.69) is 34.3 Å². The monoisotopic (exact) mass is 454 g/mol. The van der Waals surface area contributed by atoms with Crippen LogP contribution in [0.2, 0.25) is 0 Å². The van der Waals surface area contributed by atoms with E-state index in [1.807, 2.05) is 27.7 Å². The Balaban J connectivity index is 4.91. The molecule has 2 atom stereocenters. The zero-order valence-corrected chi connectivity index (χ0v) is 21.6. The van der Waals surface area contributed by atoms with Gasteiger partial charge in [-0.25, -0.2) is 0 Å². The highest BCUT2D eigenvalue weighted by Crippen LogP contribution is 2.26. The van der Waals surface area contributed by atoms with Gasteiger partial charge in [-0.3, -0.25) is 9.59 Å². The van der Waals surface area contributed by atoms with Crippen LogP contribution in [0.1, 0.15) is 107 Å². The van der Waals surface area contributed by atoms with Crippen molar-refractivity contribution in [3.8, 4) is 0 Å². The molecule has 0 N–H and O–H groups in total. The van der Waals surface area contributed by atoms with Crippen molar-refractivity contribution in [2.24, 2.45) is 32.3 Å². The van der Waals surface area contributed by atoms with Gasteiger partial charge < -0.3 is 9.47 Å². The topological polar surface area (TPSA) is 102 Å². The summed E-state index contributed by atoms with van der Waals surface area (Å²) < 4.78 is 11.2. The average molecular weight is 455 g/mol. The summed E-state index contributed by atoms with van der Waals surface area (Å²) in [4.78, 5) is 24.9. The van der Waals surface area contributed by atoms with Crippen LogP contribution in [-0.4, -0.2) is 36.5 Å². The summed E-state index contributed by atoms with van der Waals surface area (Å²) in [6.45, 7) is 17.0. The largest absolute Gasteiger partial charge is 0.436 e. The number of carbonyl (C=O) groups is 2. The van der Waals surface area contributed by atoms with Crippen molar-refractivity contribution in [1.82, 2.24) is 0 Å². The first-order valence-electron chi connectivity index (χ1n) is 12.2. The predicted molar refractivity (Wildman–Crippen MR) is 126 cm³/mol. The van der Waals surface area contributed by atoms with Crippen molar-refractivity contribution >= 4 is 11.9 Å². The van der Waals surface area contributed by atoms with Gasteiger partial charge in [-0.05, 0) is 38.5 Å². The number of azo groups is 2. The molecule has 0 heterocycles. The molecule has 2 unspecified atom stereocenters. The highest BCUT2D eigenvalue weighted by Gasteiger charge is 2.32. The maximum absolute atomic E-state index is 12.4. The number of hydrogen-bond acceptors (Lipinski definition) is 8. The van der Waals surface area contributed by atoms with Crippen LogP contribution in [-0.2, 0) is 19.1 Å². The van der Waals surface area contributed by atoms with Crippen molar-refractivity contribution in [2.75, 3.05) is 13.1 Å². The van der Waals surface area contributed by atoms with E-state index in [9.17, 15) is 9.59 Å². The average Bonchev–Trinajstić information content (AvgIpc) is 2.66. The number of rotatable bonds is 17. The summed E-state index contributed by atoms with van der Waals surface area (Å²) in [5, 5.41) is 16.9. The number of esters is 2. The standard InChI is InChI=1S/C24H46N4O4/c1-9-11-15-25-27-23(7,17-19(3)4)31-21(29)13-14-22(30)32-24(8,18-20(5)6)28-26-16-12-10-2/h19-20H,9-18H2,1-8H3. The highest BCUT2D eigenvalue weighted by atomic mass is 16.6. The van der Waals surface area contributed by atoms with Gasteiger partial charge in [0.15, 0.2) is 0 Å². The lowest BCUT2D eigenvalue weighted by Gasteiger charge is -2.27. The van der Waals surface area contributed by atoms with Gasteiger partial charge in [-0.15, -0.1) is 10.2 Å².